The van der Waals surface area contributed by atoms with Gasteiger partial charge in [-0.1, -0.05) is 74.7 Å². The van der Waals surface area contributed by atoms with Crippen molar-refractivity contribution in [1.82, 2.24) is 5.32 Å². The molecule has 0 radical (unpaired) electrons. The van der Waals surface area contributed by atoms with Gasteiger partial charge in [-0.2, -0.15) is 0 Å². The number of aromatic hydroxyl groups is 1. The molecule has 41 heavy (non-hydrogen) atoms. The predicted molar refractivity (Wildman–Crippen MR) is 179 cm³/mol. The lowest BCUT2D eigenvalue weighted by Gasteiger charge is -2.46. The number of nitrogens with zero attached hydrogens (tertiary/aromatic N) is 1. The fraction of sp³-hybridized carbons (Fsp3) is 0.444. The van der Waals surface area contributed by atoms with Crippen molar-refractivity contribution in [1.29, 1.82) is 0 Å². The zero-order valence-corrected chi connectivity index (χ0v) is 27.1. The number of nitrogens with one attached hydrogen (secondary N) is 1. The first-order valence-corrected chi connectivity index (χ1v) is 15.0. The summed E-state index contributed by atoms with van der Waals surface area (Å²) in [4.78, 5) is 13.3. The summed E-state index contributed by atoms with van der Waals surface area (Å²) in [5, 5.41) is 13.8. The van der Waals surface area contributed by atoms with Gasteiger partial charge in [0.15, 0.2) is 0 Å². The lowest BCUT2D eigenvalue weighted by atomic mass is 9.59. The fourth-order valence-corrected chi connectivity index (χ4v) is 5.15. The first kappa shape index (κ1) is 35.9. The number of benzene rings is 1. The molecule has 0 aromatic heterocycles. The topological polar surface area (TPSA) is 61.7 Å². The maximum absolute atomic E-state index is 10.1. The van der Waals surface area contributed by atoms with Crippen molar-refractivity contribution in [2.24, 2.45) is 16.3 Å². The van der Waals surface area contributed by atoms with Gasteiger partial charge < -0.3 is 15.2 Å². The SMILES string of the molecule is C=C(/C=C\C(C)=C/C)NC(C)=N/C=C(/C=C(\C)c1c(O)cccc1Cl)C(=C)C.CC1CCC2(CCC2)CC1.CC=O. The van der Waals surface area contributed by atoms with E-state index in [4.69, 9.17) is 16.4 Å². The lowest BCUT2D eigenvalue weighted by Crippen LogP contribution is -2.33. The molecule has 0 bridgehead atoms. The average Bonchev–Trinajstić information content (AvgIpc) is 2.89. The van der Waals surface area contributed by atoms with Crippen molar-refractivity contribution in [2.75, 3.05) is 0 Å². The Labute approximate surface area is 254 Å². The van der Waals surface area contributed by atoms with Crippen LogP contribution in [0.3, 0.4) is 0 Å². The van der Waals surface area contributed by atoms with Gasteiger partial charge in [0.25, 0.3) is 0 Å². The molecule has 5 heteroatoms. The summed E-state index contributed by atoms with van der Waals surface area (Å²) in [5.74, 6) is 1.88. The highest BCUT2D eigenvalue weighted by molar-refractivity contribution is 6.32. The van der Waals surface area contributed by atoms with E-state index >= 15 is 0 Å². The Morgan fingerprint density at radius 3 is 2.17 bits per heavy atom. The molecule has 0 heterocycles. The van der Waals surface area contributed by atoms with Gasteiger partial charge in [-0.05, 0) is 120 Å². The number of aliphatic imine (C=N–C) groups is 1. The number of hydrogen-bond acceptors (Lipinski definition) is 3. The van der Waals surface area contributed by atoms with Crippen molar-refractivity contribution in [3.05, 3.63) is 94.9 Å². The van der Waals surface area contributed by atoms with E-state index in [0.717, 1.165) is 45.6 Å². The number of amidine groups is 1. The quantitative estimate of drug-likeness (QED) is 0.146. The van der Waals surface area contributed by atoms with Gasteiger partial charge >= 0.3 is 0 Å². The molecule has 0 unspecified atom stereocenters. The number of allylic oxidation sites excluding steroid dienone is 8. The third-order valence-corrected chi connectivity index (χ3v) is 8.06. The smallest absolute Gasteiger partial charge is 0.124 e. The van der Waals surface area contributed by atoms with E-state index in [1.165, 1.54) is 26.2 Å². The number of phenolic OH excluding ortho intramolecular Hbond substituents is 1. The Balaban J connectivity index is 0.000000525. The highest BCUT2D eigenvalue weighted by atomic mass is 35.5. The van der Waals surface area contributed by atoms with Crippen LogP contribution in [0.2, 0.25) is 5.02 Å². The minimum atomic E-state index is 0.142. The predicted octanol–water partition coefficient (Wildman–Crippen LogP) is 10.5. The normalized spacial score (nSPS) is 17.6. The number of rotatable bonds is 7. The summed E-state index contributed by atoms with van der Waals surface area (Å²) < 4.78 is 0. The molecule has 0 amide bonds. The van der Waals surface area contributed by atoms with Crippen LogP contribution in [0.4, 0.5) is 0 Å². The molecule has 1 spiro atoms. The van der Waals surface area contributed by atoms with Crippen LogP contribution in [0.15, 0.2) is 89.3 Å². The van der Waals surface area contributed by atoms with Gasteiger partial charge in [0.1, 0.15) is 17.9 Å². The number of halogens is 1. The molecule has 0 atom stereocenters. The Morgan fingerprint density at radius 2 is 1.68 bits per heavy atom. The molecule has 3 rings (SSSR count). The van der Waals surface area contributed by atoms with Crippen molar-refractivity contribution >= 4 is 29.3 Å². The fourth-order valence-electron chi connectivity index (χ4n) is 4.83. The number of aldehydes is 1. The van der Waals surface area contributed by atoms with Crippen LogP contribution in [0.1, 0.15) is 99.0 Å². The molecule has 1 aromatic carbocycles. The maximum Gasteiger partial charge on any atom is 0.124 e. The van der Waals surface area contributed by atoms with Crippen molar-refractivity contribution < 1.29 is 9.90 Å². The number of hydrogen-bond donors (Lipinski definition) is 2. The molecular formula is C36H51ClN2O2. The molecule has 2 N–H and O–H groups in total. The van der Waals surface area contributed by atoms with Crippen LogP contribution >= 0.6 is 11.6 Å². The van der Waals surface area contributed by atoms with Crippen molar-refractivity contribution in [2.45, 2.75) is 93.4 Å². The minimum absolute atomic E-state index is 0.142. The summed E-state index contributed by atoms with van der Waals surface area (Å²) in [6.07, 6.45) is 21.1. The Bertz CT molecular complexity index is 1170. The van der Waals surface area contributed by atoms with E-state index in [2.05, 4.69) is 30.4 Å². The summed E-state index contributed by atoms with van der Waals surface area (Å²) in [7, 11) is 0. The number of phenols is 1. The van der Waals surface area contributed by atoms with Gasteiger partial charge in [0, 0.05) is 17.5 Å². The van der Waals surface area contributed by atoms with Crippen molar-refractivity contribution in [3.63, 3.8) is 0 Å². The van der Waals surface area contributed by atoms with Crippen LogP contribution in [0.5, 0.6) is 5.75 Å². The molecule has 2 fully saturated rings. The van der Waals surface area contributed by atoms with Gasteiger partial charge in [0.2, 0.25) is 0 Å². The van der Waals surface area contributed by atoms with Crippen LogP contribution in [0, 0.1) is 11.3 Å². The second-order valence-electron chi connectivity index (χ2n) is 11.3. The first-order valence-electron chi connectivity index (χ1n) is 14.6. The first-order chi connectivity index (χ1) is 19.4. The second kappa shape index (κ2) is 18.3. The van der Waals surface area contributed by atoms with E-state index in [1.807, 2.05) is 58.9 Å². The van der Waals surface area contributed by atoms with Crippen molar-refractivity contribution in [3.8, 4) is 5.75 Å². The van der Waals surface area contributed by atoms with Gasteiger partial charge in [-0.25, -0.2) is 4.99 Å². The summed E-state index contributed by atoms with van der Waals surface area (Å²) in [6.45, 7) is 21.5. The highest BCUT2D eigenvalue weighted by Crippen LogP contribution is 2.52. The molecule has 224 valence electrons. The third kappa shape index (κ3) is 12.9. The van der Waals surface area contributed by atoms with Gasteiger partial charge in [0.05, 0.1) is 5.02 Å². The molecule has 2 aliphatic carbocycles. The molecule has 2 aliphatic rings. The summed E-state index contributed by atoms with van der Waals surface area (Å²) in [6, 6.07) is 5.07. The Kier molecular flexibility index (Phi) is 16.1. The van der Waals surface area contributed by atoms with Crippen LogP contribution in [-0.2, 0) is 4.79 Å². The molecular weight excluding hydrogens is 528 g/mol. The van der Waals surface area contributed by atoms with E-state index in [-0.39, 0.29) is 5.75 Å². The zero-order chi connectivity index (χ0) is 31.0. The molecule has 4 nitrogen and oxygen atoms in total. The monoisotopic (exact) mass is 578 g/mol. The molecule has 0 aliphatic heterocycles. The Morgan fingerprint density at radius 1 is 1.07 bits per heavy atom. The lowest BCUT2D eigenvalue weighted by molar-refractivity contribution is -0.106. The van der Waals surface area contributed by atoms with Gasteiger partial charge in [-0.3, -0.25) is 0 Å². The van der Waals surface area contributed by atoms with Gasteiger partial charge in [-0.15, -0.1) is 0 Å². The van der Waals surface area contributed by atoms with Crippen LogP contribution < -0.4 is 5.32 Å². The minimum Gasteiger partial charge on any atom is -0.507 e. The maximum atomic E-state index is 10.1. The molecule has 0 saturated heterocycles. The van der Waals surface area contributed by atoms with E-state index in [9.17, 15) is 5.11 Å². The third-order valence-electron chi connectivity index (χ3n) is 7.74. The summed E-state index contributed by atoms with van der Waals surface area (Å²) in [5.41, 5.74) is 5.91. The largest absolute Gasteiger partial charge is 0.507 e. The second-order valence-corrected chi connectivity index (χ2v) is 11.7. The number of carbonyl (C=O) groups is 1. The van der Waals surface area contributed by atoms with E-state index in [0.29, 0.717) is 16.4 Å². The van der Waals surface area contributed by atoms with E-state index in [1.54, 1.807) is 50.1 Å². The average molecular weight is 579 g/mol. The highest BCUT2D eigenvalue weighted by Gasteiger charge is 2.38. The molecule has 1 aromatic rings. The zero-order valence-electron chi connectivity index (χ0n) is 26.3. The summed E-state index contributed by atoms with van der Waals surface area (Å²) >= 11 is 6.23. The van der Waals surface area contributed by atoms with E-state index < -0.39 is 0 Å². The Hall–Kier alpha value is -3.11. The van der Waals surface area contributed by atoms with Crippen LogP contribution in [0.25, 0.3) is 5.57 Å². The van der Waals surface area contributed by atoms with Crippen LogP contribution in [-0.4, -0.2) is 17.2 Å². The molecule has 2 saturated carbocycles. The standard InChI is InChI=1S/C24H29ClN2O.C10H18.C2H4O/c1-8-17(4)12-13-19(6)27-20(7)26-15-21(16(2)3)14-18(5)24-22(25)10-9-11-23(24)28;1-9-3-7-10(8-4-9)5-2-6-10;1-2-3/h8-15,28H,2,6H2,1,3-5,7H3,(H,26,27);9H,2-8H2,1H3;2H,1H3/b13-12-,17-8-,18-14+,21-15-;;. The number of carbonyl (C=O) groups excluding carboxylic acids is 1.